The van der Waals surface area contributed by atoms with Gasteiger partial charge in [0.1, 0.15) is 11.1 Å². The second kappa shape index (κ2) is 7.63. The first kappa shape index (κ1) is 14.5. The lowest BCUT2D eigenvalue weighted by molar-refractivity contribution is 0.0910. The zero-order valence-electron chi connectivity index (χ0n) is 11.0. The Morgan fingerprint density at radius 1 is 1.32 bits per heavy atom. The predicted molar refractivity (Wildman–Crippen MR) is 81.1 cm³/mol. The number of nitrogens with zero attached hydrogens (tertiary/aromatic N) is 1. The van der Waals surface area contributed by atoms with Gasteiger partial charge in [-0.2, -0.15) is 0 Å². The van der Waals surface area contributed by atoms with Crippen LogP contribution in [0.1, 0.15) is 35.7 Å². The van der Waals surface area contributed by atoms with Crippen molar-refractivity contribution in [2.75, 3.05) is 12.5 Å². The molecule has 0 fully saturated rings. The molecule has 2 rings (SSSR count). The molecule has 0 radical (unpaired) electrons. The van der Waals surface area contributed by atoms with Gasteiger partial charge in [-0.15, -0.1) is 22.9 Å². The summed E-state index contributed by atoms with van der Waals surface area (Å²) in [4.78, 5) is 4.68. The summed E-state index contributed by atoms with van der Waals surface area (Å²) in [5.74, 6) is 0.681. The van der Waals surface area contributed by atoms with E-state index in [-0.39, 0.29) is 6.10 Å². The fourth-order valence-corrected chi connectivity index (χ4v) is 2.97. The van der Waals surface area contributed by atoms with Gasteiger partial charge in [-0.05, 0) is 25.3 Å². The lowest BCUT2D eigenvalue weighted by Gasteiger charge is -2.14. The fourth-order valence-electron chi connectivity index (χ4n) is 1.91. The zero-order chi connectivity index (χ0) is 13.5. The van der Waals surface area contributed by atoms with E-state index in [0.717, 1.165) is 29.1 Å². The summed E-state index contributed by atoms with van der Waals surface area (Å²) in [5.41, 5.74) is 2.27. The molecule has 4 heteroatoms. The molecule has 0 saturated carbocycles. The summed E-state index contributed by atoms with van der Waals surface area (Å²) in [6.07, 6.45) is 1.85. The molecule has 0 aliphatic carbocycles. The third-order valence-electron chi connectivity index (χ3n) is 2.80. The highest BCUT2D eigenvalue weighted by Gasteiger charge is 2.17. The first-order chi connectivity index (χ1) is 9.35. The molecule has 0 amide bonds. The first-order valence-corrected chi connectivity index (χ1v) is 7.93. The quantitative estimate of drug-likeness (QED) is 0.705. The Hall–Kier alpha value is -0.900. The van der Waals surface area contributed by atoms with E-state index in [1.807, 2.05) is 25.1 Å². The average molecular weight is 296 g/mol. The van der Waals surface area contributed by atoms with Crippen LogP contribution in [0, 0.1) is 0 Å². The van der Waals surface area contributed by atoms with Crippen molar-refractivity contribution in [3.05, 3.63) is 52.0 Å². The molecular formula is C15H18ClNOS. The van der Waals surface area contributed by atoms with Crippen LogP contribution in [0.4, 0.5) is 0 Å². The number of hydrogen-bond acceptors (Lipinski definition) is 3. The third kappa shape index (κ3) is 4.03. The zero-order valence-corrected chi connectivity index (χ0v) is 12.6. The molecule has 1 aromatic heterocycles. The Balaban J connectivity index is 2.17. The highest BCUT2D eigenvalue weighted by molar-refractivity contribution is 7.09. The molecule has 0 saturated heterocycles. The molecule has 1 atom stereocenters. The largest absolute Gasteiger partial charge is 0.367 e. The minimum absolute atomic E-state index is 0.0547. The summed E-state index contributed by atoms with van der Waals surface area (Å²) in [6, 6.07) is 10.2. The van der Waals surface area contributed by atoms with Crippen molar-refractivity contribution in [2.45, 2.75) is 25.9 Å². The van der Waals surface area contributed by atoms with E-state index in [0.29, 0.717) is 12.5 Å². The second-order valence-corrected chi connectivity index (χ2v) is 5.48. The molecule has 2 nitrogen and oxygen atoms in total. The van der Waals surface area contributed by atoms with Gasteiger partial charge in [-0.25, -0.2) is 4.98 Å². The number of rotatable bonds is 7. The van der Waals surface area contributed by atoms with Gasteiger partial charge in [0.15, 0.2) is 0 Å². The Labute approximate surface area is 123 Å². The average Bonchev–Trinajstić information content (AvgIpc) is 2.92. The smallest absolute Gasteiger partial charge is 0.134 e. The number of halogens is 1. The van der Waals surface area contributed by atoms with Crippen LogP contribution in [0.2, 0.25) is 0 Å². The van der Waals surface area contributed by atoms with Crippen LogP contribution in [0.5, 0.6) is 0 Å². The van der Waals surface area contributed by atoms with E-state index in [9.17, 15) is 0 Å². The molecule has 0 N–H and O–H groups in total. The van der Waals surface area contributed by atoms with E-state index in [1.165, 1.54) is 0 Å². The lowest BCUT2D eigenvalue weighted by atomic mass is 10.1. The Bertz CT molecular complexity index is 486. The van der Waals surface area contributed by atoms with Gasteiger partial charge in [0.25, 0.3) is 0 Å². The van der Waals surface area contributed by atoms with Crippen molar-refractivity contribution in [1.29, 1.82) is 0 Å². The van der Waals surface area contributed by atoms with Crippen molar-refractivity contribution in [3.8, 4) is 0 Å². The molecular weight excluding hydrogens is 278 g/mol. The summed E-state index contributed by atoms with van der Waals surface area (Å²) in [7, 11) is 0. The lowest BCUT2D eigenvalue weighted by Crippen LogP contribution is -2.06. The molecule has 0 bridgehead atoms. The second-order valence-electron chi connectivity index (χ2n) is 4.22. The number of hydrogen-bond donors (Lipinski definition) is 0. The van der Waals surface area contributed by atoms with Gasteiger partial charge < -0.3 is 4.74 Å². The highest BCUT2D eigenvalue weighted by Crippen LogP contribution is 2.28. The van der Waals surface area contributed by atoms with Gasteiger partial charge in [0.2, 0.25) is 0 Å². The Morgan fingerprint density at radius 2 is 2.11 bits per heavy atom. The number of ether oxygens (including phenoxy) is 1. The van der Waals surface area contributed by atoms with Crippen LogP contribution < -0.4 is 0 Å². The van der Waals surface area contributed by atoms with E-state index >= 15 is 0 Å². The van der Waals surface area contributed by atoms with Crippen molar-refractivity contribution in [3.63, 3.8) is 0 Å². The molecule has 1 aromatic carbocycles. The fraction of sp³-hybridized carbons (Fsp3) is 0.400. The van der Waals surface area contributed by atoms with Gasteiger partial charge in [0, 0.05) is 17.9 Å². The van der Waals surface area contributed by atoms with Gasteiger partial charge >= 0.3 is 0 Å². The van der Waals surface area contributed by atoms with Crippen molar-refractivity contribution >= 4 is 22.9 Å². The van der Waals surface area contributed by atoms with Gasteiger partial charge in [0.05, 0.1) is 5.69 Å². The molecule has 102 valence electrons. The predicted octanol–water partition coefficient (Wildman–Crippen LogP) is 4.44. The monoisotopic (exact) mass is 295 g/mol. The summed E-state index contributed by atoms with van der Waals surface area (Å²) in [5, 5.41) is 3.13. The van der Waals surface area contributed by atoms with Gasteiger partial charge in [-0.1, -0.05) is 30.3 Å². The Morgan fingerprint density at radius 3 is 2.79 bits per heavy atom. The van der Waals surface area contributed by atoms with E-state index in [2.05, 4.69) is 22.5 Å². The van der Waals surface area contributed by atoms with E-state index in [1.54, 1.807) is 11.3 Å². The normalized spacial score (nSPS) is 12.5. The van der Waals surface area contributed by atoms with Crippen LogP contribution in [-0.4, -0.2) is 17.5 Å². The first-order valence-electron chi connectivity index (χ1n) is 6.52. The molecule has 0 aliphatic heterocycles. The summed E-state index contributed by atoms with van der Waals surface area (Å²) >= 11 is 7.38. The number of alkyl halides is 1. The standard InChI is InChI=1S/C15H18ClNOS/c1-2-18-14(12-7-4-3-5-8-12)15-17-13(11-19-15)9-6-10-16/h3-5,7-8,11,14H,2,6,9-10H2,1H3. The summed E-state index contributed by atoms with van der Waals surface area (Å²) in [6.45, 7) is 2.69. The molecule has 1 unspecified atom stereocenters. The number of benzene rings is 1. The van der Waals surface area contributed by atoms with Crippen molar-refractivity contribution in [2.24, 2.45) is 0 Å². The Kier molecular flexibility index (Phi) is 5.83. The number of aromatic nitrogens is 1. The van der Waals surface area contributed by atoms with Crippen LogP contribution in [-0.2, 0) is 11.2 Å². The van der Waals surface area contributed by atoms with Gasteiger partial charge in [-0.3, -0.25) is 0 Å². The topological polar surface area (TPSA) is 22.1 Å². The minimum Gasteiger partial charge on any atom is -0.367 e. The van der Waals surface area contributed by atoms with Crippen LogP contribution in [0.25, 0.3) is 0 Å². The third-order valence-corrected chi connectivity index (χ3v) is 4.00. The molecule has 1 heterocycles. The van der Waals surface area contributed by atoms with E-state index in [4.69, 9.17) is 16.3 Å². The molecule has 2 aromatic rings. The summed E-state index contributed by atoms with van der Waals surface area (Å²) < 4.78 is 5.85. The molecule has 19 heavy (non-hydrogen) atoms. The number of thiazole rings is 1. The van der Waals surface area contributed by atoms with Crippen LogP contribution >= 0.6 is 22.9 Å². The van der Waals surface area contributed by atoms with Crippen molar-refractivity contribution in [1.82, 2.24) is 4.98 Å². The molecule has 0 spiro atoms. The number of aryl methyl sites for hydroxylation is 1. The van der Waals surface area contributed by atoms with Crippen LogP contribution in [0.15, 0.2) is 35.7 Å². The SMILES string of the molecule is CCOC(c1ccccc1)c1nc(CCCCl)cs1. The van der Waals surface area contributed by atoms with Crippen LogP contribution in [0.3, 0.4) is 0 Å². The van der Waals surface area contributed by atoms with E-state index < -0.39 is 0 Å². The maximum absolute atomic E-state index is 5.85. The molecule has 0 aliphatic rings. The maximum Gasteiger partial charge on any atom is 0.134 e. The highest BCUT2D eigenvalue weighted by atomic mass is 35.5. The maximum atomic E-state index is 5.85. The minimum atomic E-state index is -0.0547. The van der Waals surface area contributed by atoms with Crippen molar-refractivity contribution < 1.29 is 4.74 Å².